The van der Waals surface area contributed by atoms with Crippen LogP contribution < -0.4 is 5.32 Å². The second-order valence-corrected chi connectivity index (χ2v) is 5.90. The van der Waals surface area contributed by atoms with Crippen LogP contribution in [0, 0.1) is 0 Å². The van der Waals surface area contributed by atoms with Gasteiger partial charge < -0.3 is 14.6 Å². The summed E-state index contributed by atoms with van der Waals surface area (Å²) in [5, 5.41) is 16.4. The minimum absolute atomic E-state index is 0.0148. The van der Waals surface area contributed by atoms with Gasteiger partial charge in [0.25, 0.3) is 0 Å². The van der Waals surface area contributed by atoms with Crippen molar-refractivity contribution in [3.8, 4) is 0 Å². The van der Waals surface area contributed by atoms with E-state index in [2.05, 4.69) is 39.9 Å². The fourth-order valence-corrected chi connectivity index (χ4v) is 2.73. The summed E-state index contributed by atoms with van der Waals surface area (Å²) in [4.78, 5) is 19.9. The fraction of sp³-hybridized carbons (Fsp3) is 0.467. The van der Waals surface area contributed by atoms with Crippen molar-refractivity contribution in [2.75, 3.05) is 19.0 Å². The summed E-state index contributed by atoms with van der Waals surface area (Å²) in [6, 6.07) is 0.562. The van der Waals surface area contributed by atoms with E-state index in [1.165, 1.54) is 31.0 Å². The number of rotatable bonds is 7. The van der Waals surface area contributed by atoms with Crippen molar-refractivity contribution in [3.63, 3.8) is 0 Å². The van der Waals surface area contributed by atoms with Crippen LogP contribution >= 0.6 is 0 Å². The molecule has 0 radical (unpaired) electrons. The maximum Gasteiger partial charge on any atom is 0.327 e. The topological polar surface area (TPSA) is 113 Å². The summed E-state index contributed by atoms with van der Waals surface area (Å²) in [5.74, 6) is 1.28. The molecule has 25 heavy (non-hydrogen) atoms. The number of anilines is 1. The number of ether oxygens (including phenoxy) is 1. The van der Waals surface area contributed by atoms with Gasteiger partial charge in [0.1, 0.15) is 30.8 Å². The number of esters is 1. The number of carbonyl (C=O) groups excluding carboxylic acids is 1. The van der Waals surface area contributed by atoms with Gasteiger partial charge in [0.05, 0.1) is 18.7 Å². The molecular formula is C15H18N8O2. The van der Waals surface area contributed by atoms with Gasteiger partial charge in [0.15, 0.2) is 5.65 Å². The van der Waals surface area contributed by atoms with E-state index in [4.69, 9.17) is 0 Å². The number of nitrogens with one attached hydrogen (secondary N) is 1. The first-order chi connectivity index (χ1) is 12.3. The lowest BCUT2D eigenvalue weighted by Crippen LogP contribution is -2.13. The zero-order valence-corrected chi connectivity index (χ0v) is 13.8. The largest absolute Gasteiger partial charge is 0.468 e. The van der Waals surface area contributed by atoms with Crippen molar-refractivity contribution in [1.29, 1.82) is 0 Å². The van der Waals surface area contributed by atoms with Crippen LogP contribution in [0.4, 0.5) is 5.82 Å². The molecule has 1 aliphatic carbocycles. The molecule has 10 nitrogen and oxygen atoms in total. The molecular weight excluding hydrogens is 324 g/mol. The first-order valence-corrected chi connectivity index (χ1v) is 8.12. The predicted molar refractivity (Wildman–Crippen MR) is 87.8 cm³/mol. The predicted octanol–water partition coefficient (Wildman–Crippen LogP) is 0.580. The summed E-state index contributed by atoms with van der Waals surface area (Å²) >= 11 is 0. The van der Waals surface area contributed by atoms with Crippen molar-refractivity contribution < 1.29 is 9.53 Å². The van der Waals surface area contributed by atoms with E-state index in [0.717, 1.165) is 17.6 Å². The molecule has 3 aromatic rings. The van der Waals surface area contributed by atoms with Crippen LogP contribution in [0.25, 0.3) is 11.0 Å². The molecule has 0 saturated heterocycles. The first-order valence-electron chi connectivity index (χ1n) is 8.12. The molecule has 130 valence electrons. The molecule has 0 amide bonds. The van der Waals surface area contributed by atoms with Crippen molar-refractivity contribution in [3.05, 3.63) is 24.7 Å². The number of nitrogens with zero attached hydrogens (tertiary/aromatic N) is 7. The molecule has 3 heterocycles. The number of hydrogen-bond donors (Lipinski definition) is 1. The van der Waals surface area contributed by atoms with Gasteiger partial charge in [-0.15, -0.1) is 10.2 Å². The molecule has 1 saturated carbocycles. The normalized spacial score (nSPS) is 14.0. The van der Waals surface area contributed by atoms with Gasteiger partial charge in [-0.2, -0.15) is 5.10 Å². The van der Waals surface area contributed by atoms with E-state index in [-0.39, 0.29) is 12.5 Å². The zero-order valence-electron chi connectivity index (χ0n) is 13.8. The number of aromatic nitrogens is 7. The Bertz CT molecular complexity index is 898. The minimum Gasteiger partial charge on any atom is -0.468 e. The smallest absolute Gasteiger partial charge is 0.327 e. The maximum atomic E-state index is 11.4. The van der Waals surface area contributed by atoms with Crippen LogP contribution in [-0.2, 0) is 22.5 Å². The quantitative estimate of drug-likeness (QED) is 0.621. The second-order valence-electron chi connectivity index (χ2n) is 5.90. The molecule has 1 aliphatic rings. The Morgan fingerprint density at radius 2 is 2.28 bits per heavy atom. The molecule has 0 aromatic carbocycles. The first kappa shape index (κ1) is 15.5. The maximum absolute atomic E-state index is 11.4. The molecule has 10 heteroatoms. The highest BCUT2D eigenvalue weighted by molar-refractivity contribution is 5.86. The number of fused-ring (bicyclic) bond motifs is 1. The van der Waals surface area contributed by atoms with Gasteiger partial charge in [0.2, 0.25) is 0 Å². The molecule has 0 aliphatic heterocycles. The van der Waals surface area contributed by atoms with E-state index >= 15 is 0 Å². The highest BCUT2D eigenvalue weighted by atomic mass is 16.5. The number of hydrogen-bond acceptors (Lipinski definition) is 8. The van der Waals surface area contributed by atoms with E-state index in [1.807, 2.05) is 0 Å². The second kappa shape index (κ2) is 6.46. The summed E-state index contributed by atoms with van der Waals surface area (Å²) in [6.45, 7) is 0.681. The Kier molecular flexibility index (Phi) is 4.00. The van der Waals surface area contributed by atoms with Crippen molar-refractivity contribution in [2.45, 2.75) is 31.8 Å². The summed E-state index contributed by atoms with van der Waals surface area (Å²) in [7, 11) is 1.34. The summed E-state index contributed by atoms with van der Waals surface area (Å²) in [6.07, 6.45) is 8.04. The standard InChI is InChI=1S/C15H18N8O2/c1-25-13(24)7-23-15-11(6-20-23)14(17-8-18-15)16-5-4-12-21-19-9-22(12)10-2-3-10/h6,8-10H,2-5,7H2,1H3,(H,16,17,18). The van der Waals surface area contributed by atoms with Gasteiger partial charge >= 0.3 is 5.97 Å². The molecule has 1 fully saturated rings. The van der Waals surface area contributed by atoms with Crippen molar-refractivity contribution in [2.24, 2.45) is 0 Å². The zero-order chi connectivity index (χ0) is 17.2. The third kappa shape index (κ3) is 3.14. The summed E-state index contributed by atoms with van der Waals surface area (Å²) in [5.41, 5.74) is 0.587. The van der Waals surface area contributed by atoms with Crippen LogP contribution in [0.5, 0.6) is 0 Å². The SMILES string of the molecule is COC(=O)Cn1ncc2c(NCCc3nncn3C3CC3)ncnc21. The molecule has 0 unspecified atom stereocenters. The Morgan fingerprint density at radius 1 is 1.40 bits per heavy atom. The van der Waals surface area contributed by atoms with Gasteiger partial charge in [-0.1, -0.05) is 0 Å². The highest BCUT2D eigenvalue weighted by Gasteiger charge is 2.25. The van der Waals surface area contributed by atoms with Crippen molar-refractivity contribution in [1.82, 2.24) is 34.5 Å². The lowest BCUT2D eigenvalue weighted by Gasteiger charge is -2.07. The third-order valence-electron chi connectivity index (χ3n) is 4.17. The van der Waals surface area contributed by atoms with E-state index in [0.29, 0.717) is 24.1 Å². The molecule has 0 atom stereocenters. The Hall–Kier alpha value is -3.04. The molecule has 1 N–H and O–H groups in total. The van der Waals surface area contributed by atoms with E-state index < -0.39 is 0 Å². The Balaban J connectivity index is 1.46. The van der Waals surface area contributed by atoms with Gasteiger partial charge in [-0.3, -0.25) is 4.79 Å². The van der Waals surface area contributed by atoms with Crippen LogP contribution in [0.1, 0.15) is 24.7 Å². The van der Waals surface area contributed by atoms with Crippen LogP contribution in [0.2, 0.25) is 0 Å². The molecule has 4 rings (SSSR count). The third-order valence-corrected chi connectivity index (χ3v) is 4.17. The average Bonchev–Trinajstić information content (AvgIpc) is 3.23. The summed E-state index contributed by atoms with van der Waals surface area (Å²) < 4.78 is 8.31. The Labute approximate surface area is 143 Å². The minimum atomic E-state index is -0.377. The van der Waals surface area contributed by atoms with Gasteiger partial charge in [0, 0.05) is 19.0 Å². The van der Waals surface area contributed by atoms with Crippen LogP contribution in [0.15, 0.2) is 18.9 Å². The van der Waals surface area contributed by atoms with E-state index in [9.17, 15) is 4.79 Å². The fourth-order valence-electron chi connectivity index (χ4n) is 2.73. The molecule has 3 aromatic heterocycles. The van der Waals surface area contributed by atoms with Crippen molar-refractivity contribution >= 4 is 22.8 Å². The highest BCUT2D eigenvalue weighted by Crippen LogP contribution is 2.35. The van der Waals surface area contributed by atoms with E-state index in [1.54, 1.807) is 12.5 Å². The Morgan fingerprint density at radius 3 is 3.08 bits per heavy atom. The monoisotopic (exact) mass is 342 g/mol. The van der Waals surface area contributed by atoms with Crippen LogP contribution in [-0.4, -0.2) is 54.1 Å². The molecule has 0 spiro atoms. The number of carbonyl (C=O) groups is 1. The lowest BCUT2D eigenvalue weighted by molar-refractivity contribution is -0.141. The average molecular weight is 342 g/mol. The van der Waals surface area contributed by atoms with Gasteiger partial charge in [-0.25, -0.2) is 14.6 Å². The van der Waals surface area contributed by atoms with Crippen LogP contribution in [0.3, 0.4) is 0 Å². The molecule has 0 bridgehead atoms. The van der Waals surface area contributed by atoms with Gasteiger partial charge in [-0.05, 0) is 12.8 Å². The lowest BCUT2D eigenvalue weighted by atomic mass is 10.3. The number of methoxy groups -OCH3 is 1.